The van der Waals surface area contributed by atoms with E-state index in [0.717, 1.165) is 20.0 Å². The number of hydrogen-bond donors (Lipinski definition) is 2. The van der Waals surface area contributed by atoms with Crippen LogP contribution in [0.3, 0.4) is 0 Å². The smallest absolute Gasteiger partial charge is 0.258 e. The van der Waals surface area contributed by atoms with Crippen LogP contribution in [0.4, 0.5) is 5.69 Å². The second-order valence-electron chi connectivity index (χ2n) is 4.95. The predicted molar refractivity (Wildman–Crippen MR) is 104 cm³/mol. The highest BCUT2D eigenvalue weighted by Gasteiger charge is 2.08. The molecular weight excluding hydrogens is 404 g/mol. The summed E-state index contributed by atoms with van der Waals surface area (Å²) in [5.41, 5.74) is 1.19. The Morgan fingerprint density at radius 3 is 2.25 bits per heavy atom. The fraction of sp³-hybridized carbons (Fsp3) is 0. The molecule has 3 nitrogen and oxygen atoms in total. The van der Waals surface area contributed by atoms with E-state index in [4.69, 9.17) is 12.2 Å². The van der Waals surface area contributed by atoms with Crippen LogP contribution in [-0.4, -0.2) is 10.9 Å². The summed E-state index contributed by atoms with van der Waals surface area (Å²) in [6.45, 7) is 0. The number of aromatic amines is 1. The van der Waals surface area contributed by atoms with Crippen molar-refractivity contribution < 1.29 is 4.79 Å². The molecular formula is C18H13BrN2OS2. The number of hydrogen-bond acceptors (Lipinski definition) is 3. The molecule has 0 aliphatic rings. The average Bonchev–Trinajstić information content (AvgIpc) is 2.59. The maximum atomic E-state index is 12.2. The number of carbonyl (C=O) groups is 1. The highest BCUT2D eigenvalue weighted by atomic mass is 79.9. The summed E-state index contributed by atoms with van der Waals surface area (Å²) < 4.78 is 1.49. The molecule has 2 N–H and O–H groups in total. The van der Waals surface area contributed by atoms with E-state index < -0.39 is 0 Å². The lowest BCUT2D eigenvalue weighted by molar-refractivity contribution is 0.102. The van der Waals surface area contributed by atoms with Crippen LogP contribution in [0.2, 0.25) is 0 Å². The highest BCUT2D eigenvalue weighted by molar-refractivity contribution is 9.10. The molecule has 2 aromatic carbocycles. The van der Waals surface area contributed by atoms with Crippen LogP contribution in [0.5, 0.6) is 0 Å². The Morgan fingerprint density at radius 2 is 1.62 bits per heavy atom. The lowest BCUT2D eigenvalue weighted by Crippen LogP contribution is -2.12. The molecule has 0 bridgehead atoms. The second kappa shape index (κ2) is 7.79. The van der Waals surface area contributed by atoms with Crippen molar-refractivity contribution in [1.29, 1.82) is 0 Å². The van der Waals surface area contributed by atoms with Crippen LogP contribution in [0, 0.1) is 4.64 Å². The van der Waals surface area contributed by atoms with Crippen molar-refractivity contribution in [3.05, 3.63) is 81.5 Å². The Kier molecular flexibility index (Phi) is 5.50. The number of amides is 1. The number of nitrogens with one attached hydrogen (secondary N) is 2. The zero-order valence-electron chi connectivity index (χ0n) is 12.5. The number of benzene rings is 2. The highest BCUT2D eigenvalue weighted by Crippen LogP contribution is 2.29. The second-order valence-corrected chi connectivity index (χ2v) is 7.42. The molecule has 0 aliphatic heterocycles. The summed E-state index contributed by atoms with van der Waals surface area (Å²) in [6, 6.07) is 19.3. The number of H-pyrrole nitrogens is 1. The fourth-order valence-corrected chi connectivity index (χ4v) is 3.35. The zero-order chi connectivity index (χ0) is 16.9. The van der Waals surface area contributed by atoms with Gasteiger partial charge in [-0.2, -0.15) is 0 Å². The van der Waals surface area contributed by atoms with E-state index in [1.54, 1.807) is 30.1 Å². The van der Waals surface area contributed by atoms with Gasteiger partial charge in [0.2, 0.25) is 0 Å². The van der Waals surface area contributed by atoms with Gasteiger partial charge in [0, 0.05) is 26.1 Å². The van der Waals surface area contributed by atoms with Crippen molar-refractivity contribution in [1.82, 2.24) is 4.98 Å². The van der Waals surface area contributed by atoms with Crippen LogP contribution in [0.15, 0.2) is 81.1 Å². The van der Waals surface area contributed by atoms with Gasteiger partial charge < -0.3 is 10.3 Å². The van der Waals surface area contributed by atoms with Crippen molar-refractivity contribution in [3.63, 3.8) is 0 Å². The van der Waals surface area contributed by atoms with Crippen LogP contribution >= 0.6 is 39.9 Å². The molecule has 1 aromatic heterocycles. The predicted octanol–water partition coefficient (Wildman–Crippen LogP) is 5.91. The standard InChI is InChI=1S/C18H13BrN2OS2/c19-12-3-7-14(8-4-12)24-15-9-5-13(6-10-15)21-17(22)16-2-1-11-20-18(16)23/h1-11H,(H,20,23)(H,21,22). The Labute approximate surface area is 157 Å². The summed E-state index contributed by atoms with van der Waals surface area (Å²) in [7, 11) is 0. The van der Waals surface area contributed by atoms with E-state index in [2.05, 4.69) is 38.4 Å². The molecule has 0 unspecified atom stereocenters. The molecule has 0 atom stereocenters. The van der Waals surface area contributed by atoms with Gasteiger partial charge in [0.25, 0.3) is 5.91 Å². The van der Waals surface area contributed by atoms with Gasteiger partial charge in [0.15, 0.2) is 0 Å². The van der Waals surface area contributed by atoms with E-state index in [1.807, 2.05) is 36.4 Å². The summed E-state index contributed by atoms with van der Waals surface area (Å²) >= 11 is 10.2. The molecule has 6 heteroatoms. The number of pyridine rings is 1. The number of anilines is 1. The number of rotatable bonds is 4. The van der Waals surface area contributed by atoms with E-state index in [9.17, 15) is 4.79 Å². The summed E-state index contributed by atoms with van der Waals surface area (Å²) in [6.07, 6.45) is 1.70. The van der Waals surface area contributed by atoms with Gasteiger partial charge in [-0.15, -0.1) is 0 Å². The minimum absolute atomic E-state index is 0.217. The summed E-state index contributed by atoms with van der Waals surface area (Å²) in [5, 5.41) is 2.86. The van der Waals surface area contributed by atoms with Crippen molar-refractivity contribution in [2.75, 3.05) is 5.32 Å². The first kappa shape index (κ1) is 17.0. The van der Waals surface area contributed by atoms with Gasteiger partial charge in [-0.1, -0.05) is 39.9 Å². The van der Waals surface area contributed by atoms with Crippen molar-refractivity contribution >= 4 is 51.5 Å². The van der Waals surface area contributed by atoms with Gasteiger partial charge in [-0.25, -0.2) is 0 Å². The van der Waals surface area contributed by atoms with Crippen molar-refractivity contribution in [2.45, 2.75) is 9.79 Å². The van der Waals surface area contributed by atoms with Crippen LogP contribution in [-0.2, 0) is 0 Å². The topological polar surface area (TPSA) is 44.9 Å². The molecule has 1 heterocycles. The molecule has 0 saturated carbocycles. The van der Waals surface area contributed by atoms with Crippen LogP contribution in [0.25, 0.3) is 0 Å². The normalized spacial score (nSPS) is 10.4. The third-order valence-electron chi connectivity index (χ3n) is 3.22. The largest absolute Gasteiger partial charge is 0.352 e. The maximum Gasteiger partial charge on any atom is 0.258 e. The molecule has 24 heavy (non-hydrogen) atoms. The lowest BCUT2D eigenvalue weighted by atomic mass is 10.2. The van der Waals surface area contributed by atoms with Gasteiger partial charge in [-0.05, 0) is 60.7 Å². The third-order valence-corrected chi connectivity index (χ3v) is 5.11. The Morgan fingerprint density at radius 1 is 1.00 bits per heavy atom. The minimum Gasteiger partial charge on any atom is -0.352 e. The first-order chi connectivity index (χ1) is 11.6. The fourth-order valence-electron chi connectivity index (χ4n) is 2.04. The monoisotopic (exact) mass is 416 g/mol. The van der Waals surface area contributed by atoms with Crippen molar-refractivity contribution in [3.8, 4) is 0 Å². The lowest BCUT2D eigenvalue weighted by Gasteiger charge is -2.07. The molecule has 0 aliphatic carbocycles. The van der Waals surface area contributed by atoms with E-state index in [1.165, 1.54) is 0 Å². The van der Waals surface area contributed by atoms with Gasteiger partial charge >= 0.3 is 0 Å². The quantitative estimate of drug-likeness (QED) is 0.519. The van der Waals surface area contributed by atoms with Gasteiger partial charge in [-0.3, -0.25) is 4.79 Å². The minimum atomic E-state index is -0.217. The number of halogens is 1. The van der Waals surface area contributed by atoms with Crippen molar-refractivity contribution in [2.24, 2.45) is 0 Å². The molecule has 0 fully saturated rings. The molecule has 1 amide bonds. The molecule has 0 spiro atoms. The number of aromatic nitrogens is 1. The summed E-state index contributed by atoms with van der Waals surface area (Å²) in [5.74, 6) is -0.217. The Balaban J connectivity index is 1.68. The first-order valence-corrected chi connectivity index (χ1v) is 9.16. The van der Waals surface area contributed by atoms with Crippen LogP contribution < -0.4 is 5.32 Å². The summed E-state index contributed by atoms with van der Waals surface area (Å²) in [4.78, 5) is 17.4. The molecule has 3 rings (SSSR count). The van der Waals surface area contributed by atoms with Crippen LogP contribution in [0.1, 0.15) is 10.4 Å². The maximum absolute atomic E-state index is 12.2. The molecule has 0 saturated heterocycles. The van der Waals surface area contributed by atoms with Gasteiger partial charge in [0.1, 0.15) is 4.64 Å². The molecule has 120 valence electrons. The molecule has 3 aromatic rings. The zero-order valence-corrected chi connectivity index (χ0v) is 15.7. The SMILES string of the molecule is O=C(Nc1ccc(Sc2ccc(Br)cc2)cc1)c1ccc[nH]c1=S. The van der Waals surface area contributed by atoms with E-state index in [-0.39, 0.29) is 5.91 Å². The molecule has 0 radical (unpaired) electrons. The Hall–Kier alpha value is -1.89. The van der Waals surface area contributed by atoms with Gasteiger partial charge in [0.05, 0.1) is 5.56 Å². The van der Waals surface area contributed by atoms with E-state index in [0.29, 0.717) is 10.2 Å². The Bertz CT molecular complexity index is 905. The van der Waals surface area contributed by atoms with E-state index >= 15 is 0 Å². The average molecular weight is 417 g/mol. The third kappa shape index (κ3) is 4.35. The number of carbonyl (C=O) groups excluding carboxylic acids is 1. The first-order valence-electron chi connectivity index (χ1n) is 7.14.